The first-order valence-electron chi connectivity index (χ1n) is 11.8. The van der Waals surface area contributed by atoms with Crippen molar-refractivity contribution in [3.8, 4) is 11.4 Å². The van der Waals surface area contributed by atoms with Crippen molar-refractivity contribution in [2.75, 3.05) is 67.7 Å². The Morgan fingerprint density at radius 2 is 1.31 bits per heavy atom. The van der Waals surface area contributed by atoms with Gasteiger partial charge in [0.1, 0.15) is 0 Å². The lowest BCUT2D eigenvalue weighted by Crippen LogP contribution is -2.42. The SMILES string of the molecule is CC1(C)OC(=O)C(=CNc2ccc(-c3nc(N4CCOCC4)nc(N4CCOCC4)n3)cc2)C(=O)O1. The minimum absolute atomic E-state index is 0.207. The van der Waals surface area contributed by atoms with Crippen molar-refractivity contribution in [1.82, 2.24) is 15.0 Å². The van der Waals surface area contributed by atoms with Gasteiger partial charge in [-0.25, -0.2) is 9.59 Å². The van der Waals surface area contributed by atoms with E-state index in [-0.39, 0.29) is 5.57 Å². The number of aromatic nitrogens is 3. The molecule has 0 spiro atoms. The van der Waals surface area contributed by atoms with Crippen LogP contribution in [0.25, 0.3) is 11.4 Å². The van der Waals surface area contributed by atoms with Crippen molar-refractivity contribution in [2.24, 2.45) is 0 Å². The molecule has 0 bridgehead atoms. The minimum Gasteiger partial charge on any atom is -0.419 e. The molecule has 0 saturated carbocycles. The second kappa shape index (κ2) is 10.1. The number of carbonyl (C=O) groups is 2. The fourth-order valence-electron chi connectivity index (χ4n) is 3.94. The van der Waals surface area contributed by atoms with Crippen LogP contribution in [0, 0.1) is 0 Å². The van der Waals surface area contributed by atoms with Crippen molar-refractivity contribution in [3.05, 3.63) is 36.0 Å². The van der Waals surface area contributed by atoms with Gasteiger partial charge in [0.05, 0.1) is 26.4 Å². The van der Waals surface area contributed by atoms with Crippen molar-refractivity contribution in [1.29, 1.82) is 0 Å². The molecule has 0 atom stereocenters. The van der Waals surface area contributed by atoms with Gasteiger partial charge in [-0.15, -0.1) is 0 Å². The van der Waals surface area contributed by atoms with Crippen LogP contribution < -0.4 is 15.1 Å². The average molecular weight is 497 g/mol. The van der Waals surface area contributed by atoms with Gasteiger partial charge in [-0.1, -0.05) is 0 Å². The molecule has 5 rings (SSSR count). The molecule has 0 aliphatic carbocycles. The number of hydrogen-bond acceptors (Lipinski definition) is 12. The van der Waals surface area contributed by atoms with Gasteiger partial charge in [-0.2, -0.15) is 15.0 Å². The summed E-state index contributed by atoms with van der Waals surface area (Å²) in [4.78, 5) is 42.7. The van der Waals surface area contributed by atoms with E-state index in [0.29, 0.717) is 76.0 Å². The summed E-state index contributed by atoms with van der Waals surface area (Å²) in [7, 11) is 0. The number of nitrogens with one attached hydrogen (secondary N) is 1. The number of cyclic esters (lactones) is 2. The van der Waals surface area contributed by atoms with Crippen molar-refractivity contribution in [3.63, 3.8) is 0 Å². The van der Waals surface area contributed by atoms with Crippen molar-refractivity contribution in [2.45, 2.75) is 19.6 Å². The molecule has 0 radical (unpaired) electrons. The van der Waals surface area contributed by atoms with E-state index in [1.165, 1.54) is 20.0 Å². The molecular weight excluding hydrogens is 468 g/mol. The highest BCUT2D eigenvalue weighted by molar-refractivity contribution is 6.15. The topological polar surface area (TPSA) is 128 Å². The summed E-state index contributed by atoms with van der Waals surface area (Å²) in [5, 5.41) is 2.95. The highest BCUT2D eigenvalue weighted by Crippen LogP contribution is 2.25. The third-order valence-corrected chi connectivity index (χ3v) is 5.84. The Bertz CT molecular complexity index is 1100. The van der Waals surface area contributed by atoms with E-state index in [1.54, 1.807) is 0 Å². The number of carbonyl (C=O) groups excluding carboxylic acids is 2. The minimum atomic E-state index is -1.28. The van der Waals surface area contributed by atoms with E-state index >= 15 is 0 Å². The van der Waals surface area contributed by atoms with Gasteiger partial charge in [-0.3, -0.25) is 0 Å². The van der Waals surface area contributed by atoms with Crippen LogP contribution in [0.5, 0.6) is 0 Å². The molecule has 190 valence electrons. The summed E-state index contributed by atoms with van der Waals surface area (Å²) in [6.45, 7) is 8.37. The Hall–Kier alpha value is -3.77. The predicted octanol–water partition coefficient (Wildman–Crippen LogP) is 1.34. The molecule has 4 heterocycles. The number of hydrogen-bond donors (Lipinski definition) is 1. The first-order chi connectivity index (χ1) is 17.4. The largest absolute Gasteiger partial charge is 0.419 e. The monoisotopic (exact) mass is 496 g/mol. The molecule has 3 saturated heterocycles. The summed E-state index contributed by atoms with van der Waals surface area (Å²) in [5.74, 6) is -0.964. The fourth-order valence-corrected chi connectivity index (χ4v) is 3.94. The number of ether oxygens (including phenoxy) is 4. The Kier molecular flexibility index (Phi) is 6.70. The zero-order valence-corrected chi connectivity index (χ0v) is 20.2. The number of esters is 2. The van der Waals surface area contributed by atoms with E-state index in [2.05, 4.69) is 15.1 Å². The average Bonchev–Trinajstić information content (AvgIpc) is 2.89. The van der Waals surface area contributed by atoms with Crippen LogP contribution in [0.4, 0.5) is 17.6 Å². The number of morpholine rings is 2. The molecule has 3 fully saturated rings. The number of benzene rings is 1. The molecule has 1 N–H and O–H groups in total. The molecular formula is C24H28N6O6. The molecule has 3 aliphatic rings. The standard InChI is InChI=1S/C24H28N6O6/c1-24(2)35-20(31)18(21(32)36-24)15-25-17-5-3-16(4-6-17)19-26-22(29-7-11-33-12-8-29)28-23(27-19)30-9-13-34-14-10-30/h3-6,15,25H,7-14H2,1-2H3. The van der Waals surface area contributed by atoms with Crippen LogP contribution in [0.1, 0.15) is 13.8 Å². The molecule has 36 heavy (non-hydrogen) atoms. The Labute approximate surface area is 208 Å². The second-order valence-corrected chi connectivity index (χ2v) is 8.92. The summed E-state index contributed by atoms with van der Waals surface area (Å²) in [5.41, 5.74) is 1.26. The normalized spacial score (nSPS) is 20.0. The first-order valence-corrected chi connectivity index (χ1v) is 11.8. The lowest BCUT2D eigenvalue weighted by atomic mass is 10.2. The summed E-state index contributed by atoms with van der Waals surface area (Å²) in [6, 6.07) is 7.34. The Morgan fingerprint density at radius 1 is 0.806 bits per heavy atom. The highest BCUT2D eigenvalue weighted by atomic mass is 16.7. The molecule has 12 heteroatoms. The predicted molar refractivity (Wildman–Crippen MR) is 129 cm³/mol. The lowest BCUT2D eigenvalue weighted by Gasteiger charge is -2.30. The van der Waals surface area contributed by atoms with Crippen LogP contribution in [0.15, 0.2) is 36.0 Å². The van der Waals surface area contributed by atoms with E-state index < -0.39 is 17.7 Å². The van der Waals surface area contributed by atoms with Gasteiger partial charge in [0.15, 0.2) is 11.4 Å². The zero-order valence-electron chi connectivity index (χ0n) is 20.2. The number of nitrogens with zero attached hydrogens (tertiary/aromatic N) is 5. The Morgan fingerprint density at radius 3 is 1.81 bits per heavy atom. The number of rotatable bonds is 5. The smallest absolute Gasteiger partial charge is 0.350 e. The lowest BCUT2D eigenvalue weighted by molar-refractivity contribution is -0.222. The van der Waals surface area contributed by atoms with E-state index in [4.69, 9.17) is 33.9 Å². The molecule has 0 amide bonds. The van der Waals surface area contributed by atoms with Gasteiger partial charge >= 0.3 is 11.9 Å². The summed E-state index contributed by atoms with van der Waals surface area (Å²) >= 11 is 0. The van der Waals surface area contributed by atoms with Crippen LogP contribution in [-0.4, -0.2) is 85.3 Å². The first kappa shape index (κ1) is 23.9. The maximum Gasteiger partial charge on any atom is 0.350 e. The van der Waals surface area contributed by atoms with Crippen molar-refractivity contribution >= 4 is 29.5 Å². The maximum atomic E-state index is 12.1. The van der Waals surface area contributed by atoms with E-state index in [0.717, 1.165) is 5.56 Å². The molecule has 12 nitrogen and oxygen atoms in total. The molecule has 0 unspecified atom stereocenters. The van der Waals surface area contributed by atoms with Crippen LogP contribution in [-0.2, 0) is 28.5 Å². The number of anilines is 3. The van der Waals surface area contributed by atoms with Gasteiger partial charge < -0.3 is 34.1 Å². The van der Waals surface area contributed by atoms with Crippen molar-refractivity contribution < 1.29 is 28.5 Å². The summed E-state index contributed by atoms with van der Waals surface area (Å²) < 4.78 is 21.2. The van der Waals surface area contributed by atoms with Gasteiger partial charge in [0.2, 0.25) is 11.9 Å². The van der Waals surface area contributed by atoms with Crippen LogP contribution >= 0.6 is 0 Å². The van der Waals surface area contributed by atoms with Crippen LogP contribution in [0.2, 0.25) is 0 Å². The molecule has 3 aliphatic heterocycles. The third kappa shape index (κ3) is 5.39. The van der Waals surface area contributed by atoms with E-state index in [1.807, 2.05) is 24.3 Å². The molecule has 1 aromatic carbocycles. The molecule has 2 aromatic rings. The van der Waals surface area contributed by atoms with E-state index in [9.17, 15) is 9.59 Å². The Balaban J connectivity index is 1.37. The maximum absolute atomic E-state index is 12.1. The second-order valence-electron chi connectivity index (χ2n) is 8.92. The fraction of sp³-hybridized carbons (Fsp3) is 0.458. The quantitative estimate of drug-likeness (QED) is 0.364. The zero-order chi connectivity index (χ0) is 25.1. The highest BCUT2D eigenvalue weighted by Gasteiger charge is 2.39. The van der Waals surface area contributed by atoms with Gasteiger partial charge in [-0.05, 0) is 24.3 Å². The van der Waals surface area contributed by atoms with Gasteiger partial charge in [0, 0.05) is 57.5 Å². The third-order valence-electron chi connectivity index (χ3n) is 5.84. The van der Waals surface area contributed by atoms with Crippen LogP contribution in [0.3, 0.4) is 0 Å². The van der Waals surface area contributed by atoms with Gasteiger partial charge in [0.25, 0.3) is 5.79 Å². The molecule has 1 aromatic heterocycles. The summed E-state index contributed by atoms with van der Waals surface area (Å²) in [6.07, 6.45) is 1.28.